The maximum atomic E-state index is 13.5. The lowest BCUT2D eigenvalue weighted by molar-refractivity contribution is -0.141. The molecule has 0 aliphatic rings. The molecule has 2 aromatic rings. The van der Waals surface area contributed by atoms with Crippen molar-refractivity contribution in [2.75, 3.05) is 6.54 Å². The summed E-state index contributed by atoms with van der Waals surface area (Å²) in [4.78, 5) is 25.4. The normalized spacial score (nSPS) is 12.5. The van der Waals surface area contributed by atoms with E-state index >= 15 is 0 Å². The Balaban J connectivity index is 2.35. The lowest BCUT2D eigenvalue weighted by Crippen LogP contribution is -2.57. The molecule has 0 saturated heterocycles. The summed E-state index contributed by atoms with van der Waals surface area (Å²) in [5, 5.41) is 15.5. The summed E-state index contributed by atoms with van der Waals surface area (Å²) in [5.41, 5.74) is -3.49. The molecule has 0 aliphatic heterocycles. The second-order valence-electron chi connectivity index (χ2n) is 8.55. The number of benzene rings is 1. The minimum atomic E-state index is -4.84. The van der Waals surface area contributed by atoms with Crippen molar-refractivity contribution in [2.45, 2.75) is 51.9 Å². The van der Waals surface area contributed by atoms with Gasteiger partial charge in [-0.3, -0.25) is 4.79 Å². The number of hydrogen-bond acceptors (Lipinski definition) is 3. The highest BCUT2D eigenvalue weighted by Crippen LogP contribution is 2.31. The Bertz CT molecular complexity index is 916. The number of carbonyl (C=O) groups excluding carboxylic acids is 1. The smallest absolute Gasteiger partial charge is 0.435 e. The molecule has 2 amide bonds. The molecule has 0 saturated carbocycles. The van der Waals surface area contributed by atoms with E-state index in [2.05, 4.69) is 10.4 Å². The first kappa shape index (κ1) is 23.2. The second kappa shape index (κ2) is 8.00. The highest BCUT2D eigenvalue weighted by molar-refractivity contribution is 5.96. The molecule has 0 bridgehead atoms. The molecule has 164 valence electrons. The van der Waals surface area contributed by atoms with Gasteiger partial charge in [0, 0.05) is 18.3 Å². The van der Waals surface area contributed by atoms with E-state index in [4.69, 9.17) is 0 Å². The number of alkyl halides is 3. The molecule has 0 unspecified atom stereocenters. The zero-order valence-electron chi connectivity index (χ0n) is 17.4. The summed E-state index contributed by atoms with van der Waals surface area (Å²) >= 11 is 0. The van der Waals surface area contributed by atoms with E-state index < -0.39 is 40.5 Å². The predicted molar refractivity (Wildman–Crippen MR) is 105 cm³/mol. The minimum absolute atomic E-state index is 0.119. The van der Waals surface area contributed by atoms with Crippen LogP contribution >= 0.6 is 0 Å². The van der Waals surface area contributed by atoms with Crippen LogP contribution in [0, 0.1) is 0 Å². The molecular weight excluding hydrogens is 401 g/mol. The molecule has 30 heavy (non-hydrogen) atoms. The van der Waals surface area contributed by atoms with Crippen molar-refractivity contribution < 1.29 is 27.9 Å². The van der Waals surface area contributed by atoms with Crippen LogP contribution in [0.5, 0.6) is 0 Å². The fourth-order valence-corrected chi connectivity index (χ4v) is 2.86. The van der Waals surface area contributed by atoms with Crippen LogP contribution in [0.2, 0.25) is 0 Å². The summed E-state index contributed by atoms with van der Waals surface area (Å²) in [6.07, 6.45) is -5.02. The molecule has 10 heteroatoms. The minimum Gasteiger partial charge on any atom is -0.465 e. The van der Waals surface area contributed by atoms with Gasteiger partial charge in [0.25, 0.3) is 5.91 Å². The van der Waals surface area contributed by atoms with E-state index in [-0.39, 0.29) is 6.54 Å². The summed E-state index contributed by atoms with van der Waals surface area (Å²) in [5.74, 6) is -0.992. The third kappa shape index (κ3) is 5.52. The molecule has 0 spiro atoms. The fourth-order valence-electron chi connectivity index (χ4n) is 2.86. The molecule has 7 nitrogen and oxygen atoms in total. The first-order valence-electron chi connectivity index (χ1n) is 9.17. The van der Waals surface area contributed by atoms with Crippen molar-refractivity contribution in [3.05, 3.63) is 47.8 Å². The first-order chi connectivity index (χ1) is 13.6. The zero-order chi connectivity index (χ0) is 22.9. The van der Waals surface area contributed by atoms with Gasteiger partial charge in [0.15, 0.2) is 5.69 Å². The number of rotatable bonds is 5. The number of nitrogens with one attached hydrogen (secondary N) is 1. The summed E-state index contributed by atoms with van der Waals surface area (Å²) < 4.78 is 41.5. The quantitative estimate of drug-likeness (QED) is 0.751. The van der Waals surface area contributed by atoms with Gasteiger partial charge in [-0.05, 0) is 46.8 Å². The van der Waals surface area contributed by atoms with Gasteiger partial charge >= 0.3 is 12.3 Å². The number of aromatic nitrogens is 2. The Morgan fingerprint density at radius 3 is 2.13 bits per heavy atom. The fraction of sp³-hybridized carbons (Fsp3) is 0.450. The van der Waals surface area contributed by atoms with Crippen LogP contribution in [-0.2, 0) is 6.18 Å². The van der Waals surface area contributed by atoms with E-state index in [1.54, 1.807) is 65.0 Å². The van der Waals surface area contributed by atoms with Crippen molar-refractivity contribution in [3.8, 4) is 5.69 Å². The number of amides is 2. The average molecular weight is 426 g/mol. The van der Waals surface area contributed by atoms with Gasteiger partial charge in [0.2, 0.25) is 0 Å². The van der Waals surface area contributed by atoms with E-state index in [1.165, 1.54) is 0 Å². The number of para-hydroxylation sites is 1. The molecular formula is C20H25F3N4O3. The molecule has 0 aliphatic carbocycles. The van der Waals surface area contributed by atoms with Gasteiger partial charge in [-0.25, -0.2) is 9.48 Å². The van der Waals surface area contributed by atoms with E-state index in [1.807, 2.05) is 0 Å². The van der Waals surface area contributed by atoms with Crippen LogP contribution in [0.15, 0.2) is 36.5 Å². The van der Waals surface area contributed by atoms with E-state index in [0.29, 0.717) is 5.69 Å². The number of carboxylic acid groups (broad SMARTS) is 1. The Morgan fingerprint density at radius 1 is 1.10 bits per heavy atom. The summed E-state index contributed by atoms with van der Waals surface area (Å²) in [6, 6.07) is 8.11. The highest BCUT2D eigenvalue weighted by atomic mass is 19.4. The van der Waals surface area contributed by atoms with Crippen LogP contribution in [0.4, 0.5) is 18.0 Å². The number of halogens is 3. The second-order valence-corrected chi connectivity index (χ2v) is 8.55. The van der Waals surface area contributed by atoms with Crippen molar-refractivity contribution in [1.29, 1.82) is 0 Å². The Hall–Kier alpha value is -3.04. The zero-order valence-corrected chi connectivity index (χ0v) is 17.4. The summed E-state index contributed by atoms with van der Waals surface area (Å²) in [7, 11) is 0. The van der Waals surface area contributed by atoms with Crippen molar-refractivity contribution >= 4 is 12.0 Å². The predicted octanol–water partition coefficient (Wildman–Crippen LogP) is 4.18. The van der Waals surface area contributed by atoms with Gasteiger partial charge in [-0.1, -0.05) is 18.2 Å². The first-order valence-corrected chi connectivity index (χ1v) is 9.17. The lowest BCUT2D eigenvalue weighted by atomic mass is 9.99. The van der Waals surface area contributed by atoms with Gasteiger partial charge in [0.1, 0.15) is 0 Å². The average Bonchev–Trinajstić information content (AvgIpc) is 3.05. The molecule has 0 radical (unpaired) electrons. The largest absolute Gasteiger partial charge is 0.465 e. The standard InChI is InChI=1S/C20H25F3N4O3/c1-18(2,3)26(17(29)30)12-19(4,5)24-16(28)14-11-27(13-9-7-6-8-10-13)25-15(14)20(21,22)23/h6-11H,12H2,1-5H3,(H,24,28)(H,29,30). The van der Waals surface area contributed by atoms with E-state index in [0.717, 1.165) is 15.8 Å². The Kier molecular flexibility index (Phi) is 6.20. The maximum Gasteiger partial charge on any atom is 0.435 e. The SMILES string of the molecule is CC(C)(CN(C(=O)O)C(C)(C)C)NC(=O)c1cn(-c2ccccc2)nc1C(F)(F)F. The van der Waals surface area contributed by atoms with Crippen LogP contribution in [0.25, 0.3) is 5.69 Å². The Morgan fingerprint density at radius 2 is 1.67 bits per heavy atom. The van der Waals surface area contributed by atoms with Crippen molar-refractivity contribution in [1.82, 2.24) is 20.0 Å². The van der Waals surface area contributed by atoms with Gasteiger partial charge in [-0.15, -0.1) is 0 Å². The molecule has 1 aromatic carbocycles. The number of carbonyl (C=O) groups is 2. The topological polar surface area (TPSA) is 87.5 Å². The molecule has 0 atom stereocenters. The lowest BCUT2D eigenvalue weighted by Gasteiger charge is -2.39. The van der Waals surface area contributed by atoms with Crippen molar-refractivity contribution in [3.63, 3.8) is 0 Å². The van der Waals surface area contributed by atoms with E-state index in [9.17, 15) is 27.9 Å². The van der Waals surface area contributed by atoms with Crippen molar-refractivity contribution in [2.24, 2.45) is 0 Å². The molecule has 2 N–H and O–H groups in total. The highest BCUT2D eigenvalue weighted by Gasteiger charge is 2.41. The van der Waals surface area contributed by atoms with Crippen LogP contribution in [0.1, 0.15) is 50.7 Å². The molecule has 1 aromatic heterocycles. The van der Waals surface area contributed by atoms with Gasteiger partial charge < -0.3 is 15.3 Å². The molecule has 1 heterocycles. The monoisotopic (exact) mass is 426 g/mol. The number of nitrogens with zero attached hydrogens (tertiary/aromatic N) is 3. The van der Waals surface area contributed by atoms with Crippen LogP contribution in [0.3, 0.4) is 0 Å². The summed E-state index contributed by atoms with van der Waals surface area (Å²) in [6.45, 7) is 8.02. The number of hydrogen-bond donors (Lipinski definition) is 2. The molecule has 2 rings (SSSR count). The maximum absolute atomic E-state index is 13.5. The van der Waals surface area contributed by atoms with Crippen LogP contribution < -0.4 is 5.32 Å². The third-order valence-electron chi connectivity index (χ3n) is 4.29. The third-order valence-corrected chi connectivity index (χ3v) is 4.29. The van der Waals surface area contributed by atoms with Gasteiger partial charge in [-0.2, -0.15) is 18.3 Å². The Labute approximate surface area is 172 Å². The van der Waals surface area contributed by atoms with Gasteiger partial charge in [0.05, 0.1) is 16.8 Å². The van der Waals surface area contributed by atoms with Crippen LogP contribution in [-0.4, -0.2) is 49.4 Å². The molecule has 0 fully saturated rings.